The van der Waals surface area contributed by atoms with Gasteiger partial charge < -0.3 is 10.1 Å². The molecule has 1 fully saturated rings. The molecule has 1 aliphatic rings. The Balaban J connectivity index is 1.23. The fourth-order valence-corrected chi connectivity index (χ4v) is 3.91. The molecular formula is C29H24N2O3. The Hall–Kier alpha value is -4.38. The predicted octanol–water partition coefficient (Wildman–Crippen LogP) is 5.82. The number of nitrogens with zero attached hydrogens (tertiary/aromatic N) is 1. The van der Waals surface area contributed by atoms with E-state index in [9.17, 15) is 9.59 Å². The zero-order valence-corrected chi connectivity index (χ0v) is 18.8. The van der Waals surface area contributed by atoms with Crippen LogP contribution in [0.3, 0.4) is 0 Å². The van der Waals surface area contributed by atoms with E-state index in [1.54, 1.807) is 6.08 Å². The molecule has 1 heterocycles. The van der Waals surface area contributed by atoms with Crippen molar-refractivity contribution in [2.45, 2.75) is 20.1 Å². The minimum Gasteiger partial charge on any atom is -0.489 e. The van der Waals surface area contributed by atoms with Gasteiger partial charge in [-0.2, -0.15) is 0 Å². The van der Waals surface area contributed by atoms with Crippen LogP contribution < -0.4 is 10.1 Å². The van der Waals surface area contributed by atoms with Gasteiger partial charge in [-0.25, -0.2) is 4.79 Å². The molecule has 0 bridgehead atoms. The Morgan fingerprint density at radius 3 is 2.29 bits per heavy atom. The van der Waals surface area contributed by atoms with Crippen molar-refractivity contribution >= 4 is 28.8 Å². The van der Waals surface area contributed by atoms with Crippen molar-refractivity contribution in [1.29, 1.82) is 0 Å². The molecule has 5 rings (SSSR count). The second-order valence-electron chi connectivity index (χ2n) is 8.40. The van der Waals surface area contributed by atoms with E-state index in [4.69, 9.17) is 4.74 Å². The van der Waals surface area contributed by atoms with Crippen LogP contribution in [0.2, 0.25) is 0 Å². The molecule has 4 aromatic rings. The van der Waals surface area contributed by atoms with E-state index in [2.05, 4.69) is 35.6 Å². The molecule has 4 aromatic carbocycles. The maximum absolute atomic E-state index is 12.8. The molecule has 0 radical (unpaired) electrons. The maximum Gasteiger partial charge on any atom is 0.329 e. The molecule has 0 atom stereocenters. The molecular weight excluding hydrogens is 424 g/mol. The molecule has 5 heteroatoms. The molecule has 3 amide bonds. The monoisotopic (exact) mass is 448 g/mol. The summed E-state index contributed by atoms with van der Waals surface area (Å²) in [5.74, 6) is 0.403. The van der Waals surface area contributed by atoms with Gasteiger partial charge in [0.15, 0.2) is 0 Å². The van der Waals surface area contributed by atoms with Gasteiger partial charge in [0.05, 0.1) is 6.54 Å². The number of urea groups is 1. The Bertz CT molecular complexity index is 1390. The lowest BCUT2D eigenvalue weighted by Gasteiger charge is -2.11. The average Bonchev–Trinajstić information content (AvgIpc) is 3.12. The van der Waals surface area contributed by atoms with Crippen LogP contribution in [0.5, 0.6) is 5.75 Å². The molecule has 1 saturated heterocycles. The van der Waals surface area contributed by atoms with Crippen molar-refractivity contribution in [3.05, 3.63) is 119 Å². The summed E-state index contributed by atoms with van der Waals surface area (Å²) < 4.78 is 5.93. The summed E-state index contributed by atoms with van der Waals surface area (Å²) in [6.45, 7) is 2.70. The van der Waals surface area contributed by atoms with Gasteiger partial charge >= 0.3 is 6.03 Å². The van der Waals surface area contributed by atoms with E-state index in [0.29, 0.717) is 6.61 Å². The molecule has 0 aromatic heterocycles. The summed E-state index contributed by atoms with van der Waals surface area (Å²) in [5, 5.41) is 5.07. The number of rotatable bonds is 6. The average molecular weight is 449 g/mol. The largest absolute Gasteiger partial charge is 0.489 e. The second-order valence-corrected chi connectivity index (χ2v) is 8.40. The lowest BCUT2D eigenvalue weighted by molar-refractivity contribution is -0.123. The third-order valence-corrected chi connectivity index (χ3v) is 5.83. The van der Waals surface area contributed by atoms with Gasteiger partial charge in [-0.3, -0.25) is 9.69 Å². The Labute approximate surface area is 198 Å². The normalized spacial score (nSPS) is 14.6. The number of nitrogens with one attached hydrogen (secondary N) is 1. The molecule has 1 N–H and O–H groups in total. The van der Waals surface area contributed by atoms with E-state index in [1.165, 1.54) is 15.7 Å². The fourth-order valence-electron chi connectivity index (χ4n) is 3.91. The van der Waals surface area contributed by atoms with Crippen LogP contribution in [0, 0.1) is 6.92 Å². The van der Waals surface area contributed by atoms with Crippen molar-refractivity contribution in [3.63, 3.8) is 0 Å². The first-order valence-electron chi connectivity index (χ1n) is 11.2. The number of aryl methyl sites for hydroxylation is 1. The van der Waals surface area contributed by atoms with Gasteiger partial charge in [-0.1, -0.05) is 78.4 Å². The van der Waals surface area contributed by atoms with E-state index in [0.717, 1.165) is 28.0 Å². The first-order valence-corrected chi connectivity index (χ1v) is 11.2. The topological polar surface area (TPSA) is 58.6 Å². The standard InChI is InChI=1S/C29H24N2O3/c1-20-6-8-22(9-7-20)18-31-28(32)27(30-29(31)33)17-21-11-14-26(15-12-21)34-19-23-10-13-24-4-2-3-5-25(24)16-23/h2-17H,18-19H2,1H3,(H,30,33)/b27-17+. The zero-order valence-electron chi connectivity index (χ0n) is 18.8. The molecule has 0 saturated carbocycles. The fraction of sp³-hybridized carbons (Fsp3) is 0.103. The lowest BCUT2D eigenvalue weighted by atomic mass is 10.1. The van der Waals surface area contributed by atoms with Crippen molar-refractivity contribution in [2.75, 3.05) is 0 Å². The van der Waals surface area contributed by atoms with Gasteiger partial charge in [-0.15, -0.1) is 0 Å². The highest BCUT2D eigenvalue weighted by atomic mass is 16.5. The summed E-state index contributed by atoms with van der Waals surface area (Å²) in [5.41, 5.74) is 4.20. The third kappa shape index (κ3) is 4.69. The van der Waals surface area contributed by atoms with E-state index in [1.807, 2.05) is 67.6 Å². The van der Waals surface area contributed by atoms with Crippen LogP contribution in [0.15, 0.2) is 96.7 Å². The maximum atomic E-state index is 12.8. The number of imide groups is 1. The summed E-state index contributed by atoms with van der Waals surface area (Å²) >= 11 is 0. The van der Waals surface area contributed by atoms with Crippen LogP contribution in [0.1, 0.15) is 22.3 Å². The van der Waals surface area contributed by atoms with Crippen molar-refractivity contribution in [3.8, 4) is 5.75 Å². The Kier molecular flexibility index (Phi) is 5.83. The second kappa shape index (κ2) is 9.24. The highest BCUT2D eigenvalue weighted by Crippen LogP contribution is 2.21. The number of carbonyl (C=O) groups excluding carboxylic acids is 2. The van der Waals surface area contributed by atoms with Crippen LogP contribution in [-0.4, -0.2) is 16.8 Å². The minimum absolute atomic E-state index is 0.240. The van der Waals surface area contributed by atoms with Crippen LogP contribution in [-0.2, 0) is 17.9 Å². The lowest BCUT2D eigenvalue weighted by Crippen LogP contribution is -2.30. The molecule has 0 aliphatic carbocycles. The molecule has 5 nitrogen and oxygen atoms in total. The SMILES string of the molecule is Cc1ccc(CN2C(=O)N/C(=C/c3ccc(OCc4ccc5ccccc5c4)cc3)C2=O)cc1. The summed E-state index contributed by atoms with van der Waals surface area (Å²) in [6.07, 6.45) is 1.68. The molecule has 34 heavy (non-hydrogen) atoms. The Morgan fingerprint density at radius 2 is 1.53 bits per heavy atom. The quantitative estimate of drug-likeness (QED) is 0.299. The van der Waals surface area contributed by atoms with Gasteiger partial charge in [0.1, 0.15) is 18.1 Å². The van der Waals surface area contributed by atoms with Crippen molar-refractivity contribution in [2.24, 2.45) is 0 Å². The van der Waals surface area contributed by atoms with Gasteiger partial charge in [0.25, 0.3) is 5.91 Å². The number of fused-ring (bicyclic) bond motifs is 1. The smallest absolute Gasteiger partial charge is 0.329 e. The summed E-state index contributed by atoms with van der Waals surface area (Å²) in [6, 6.07) is 29.4. The van der Waals surface area contributed by atoms with Gasteiger partial charge in [-0.05, 0) is 58.7 Å². The summed E-state index contributed by atoms with van der Waals surface area (Å²) in [7, 11) is 0. The first-order chi connectivity index (χ1) is 16.5. The van der Waals surface area contributed by atoms with Crippen LogP contribution >= 0.6 is 0 Å². The van der Waals surface area contributed by atoms with E-state index >= 15 is 0 Å². The molecule has 0 unspecified atom stereocenters. The first kappa shape index (κ1) is 21.5. The Morgan fingerprint density at radius 1 is 0.824 bits per heavy atom. The molecule has 1 aliphatic heterocycles. The number of ether oxygens (including phenoxy) is 1. The number of carbonyl (C=O) groups is 2. The predicted molar refractivity (Wildman–Crippen MR) is 133 cm³/mol. The third-order valence-electron chi connectivity index (χ3n) is 5.83. The molecule has 0 spiro atoms. The highest BCUT2D eigenvalue weighted by Gasteiger charge is 2.33. The van der Waals surface area contributed by atoms with Crippen molar-refractivity contribution < 1.29 is 14.3 Å². The number of hydrogen-bond acceptors (Lipinski definition) is 3. The minimum atomic E-state index is -0.410. The number of benzene rings is 4. The number of amides is 3. The molecule has 168 valence electrons. The van der Waals surface area contributed by atoms with Crippen LogP contribution in [0.4, 0.5) is 4.79 Å². The number of hydrogen-bond donors (Lipinski definition) is 1. The van der Waals surface area contributed by atoms with E-state index in [-0.39, 0.29) is 18.1 Å². The zero-order chi connectivity index (χ0) is 23.5. The van der Waals surface area contributed by atoms with Crippen LogP contribution in [0.25, 0.3) is 16.8 Å². The van der Waals surface area contributed by atoms with Gasteiger partial charge in [0.2, 0.25) is 0 Å². The van der Waals surface area contributed by atoms with Crippen molar-refractivity contribution in [1.82, 2.24) is 10.2 Å². The van der Waals surface area contributed by atoms with E-state index < -0.39 is 6.03 Å². The van der Waals surface area contributed by atoms with Gasteiger partial charge in [0, 0.05) is 0 Å². The summed E-state index contributed by atoms with van der Waals surface area (Å²) in [4.78, 5) is 26.3. The highest BCUT2D eigenvalue weighted by molar-refractivity contribution is 6.13.